The molecule has 0 bridgehead atoms. The van der Waals surface area contributed by atoms with Crippen molar-refractivity contribution < 1.29 is 13.2 Å². The van der Waals surface area contributed by atoms with E-state index in [2.05, 4.69) is 37.2 Å². The summed E-state index contributed by atoms with van der Waals surface area (Å²) in [5, 5.41) is 2.95. The maximum atomic E-state index is 12.9. The lowest BCUT2D eigenvalue weighted by atomic mass is 10.1. The average molecular weight is 466 g/mol. The molecule has 0 aliphatic rings. The molecule has 0 saturated carbocycles. The van der Waals surface area contributed by atoms with E-state index in [1.54, 1.807) is 36.4 Å². The monoisotopic (exact) mass is 465 g/mol. The highest BCUT2D eigenvalue weighted by Gasteiger charge is 2.21. The summed E-state index contributed by atoms with van der Waals surface area (Å²) in [6.45, 7) is 5.49. The van der Waals surface area contributed by atoms with E-state index in [9.17, 15) is 13.2 Å². The molecule has 7 heteroatoms. The highest BCUT2D eigenvalue weighted by Crippen LogP contribution is 2.22. The summed E-state index contributed by atoms with van der Waals surface area (Å²) in [7, 11) is -0.129. The Morgan fingerprint density at radius 2 is 1.42 bits per heavy atom. The molecule has 1 amide bonds. The van der Waals surface area contributed by atoms with Crippen molar-refractivity contribution in [2.75, 3.05) is 18.4 Å². The van der Waals surface area contributed by atoms with Crippen LogP contribution in [0.3, 0.4) is 0 Å². The van der Waals surface area contributed by atoms with Crippen molar-refractivity contribution in [2.45, 2.75) is 37.9 Å². The molecule has 0 saturated heterocycles. The molecule has 0 spiro atoms. The van der Waals surface area contributed by atoms with Gasteiger partial charge in [0.1, 0.15) is 0 Å². The first-order valence-electron chi connectivity index (χ1n) is 10.9. The summed E-state index contributed by atoms with van der Waals surface area (Å²) < 4.78 is 27.1. The molecule has 3 rings (SSSR count). The minimum Gasteiger partial charge on any atom is -0.348 e. The van der Waals surface area contributed by atoms with Crippen molar-refractivity contribution in [3.05, 3.63) is 95.6 Å². The first-order chi connectivity index (χ1) is 15.7. The van der Waals surface area contributed by atoms with Gasteiger partial charge in [-0.25, -0.2) is 8.42 Å². The van der Waals surface area contributed by atoms with Gasteiger partial charge in [0.05, 0.1) is 10.6 Å². The van der Waals surface area contributed by atoms with Crippen LogP contribution < -0.4 is 9.62 Å². The number of carbonyl (C=O) groups is 1. The lowest BCUT2D eigenvalue weighted by molar-refractivity contribution is 0.0950. The maximum absolute atomic E-state index is 12.9. The maximum Gasteiger partial charge on any atom is 0.264 e. The Morgan fingerprint density at radius 3 is 2.03 bits per heavy atom. The summed E-state index contributed by atoms with van der Waals surface area (Å²) >= 11 is 0. The van der Waals surface area contributed by atoms with Crippen molar-refractivity contribution in [2.24, 2.45) is 0 Å². The number of hydrogen-bond acceptors (Lipinski definition) is 4. The van der Waals surface area contributed by atoms with Crippen LogP contribution in [-0.4, -0.2) is 39.4 Å². The summed E-state index contributed by atoms with van der Waals surface area (Å²) in [5.41, 5.74) is 3.20. The zero-order valence-corrected chi connectivity index (χ0v) is 20.3. The number of rotatable bonds is 9. The smallest absolute Gasteiger partial charge is 0.264 e. The van der Waals surface area contributed by atoms with Crippen molar-refractivity contribution in [3.8, 4) is 0 Å². The summed E-state index contributed by atoms with van der Waals surface area (Å²) in [5.74, 6) is -0.248. The quantitative estimate of drug-likeness (QED) is 0.512. The van der Waals surface area contributed by atoms with Gasteiger partial charge in [0.15, 0.2) is 0 Å². The fourth-order valence-electron chi connectivity index (χ4n) is 3.33. The van der Waals surface area contributed by atoms with Crippen molar-refractivity contribution in [3.63, 3.8) is 0 Å². The summed E-state index contributed by atoms with van der Waals surface area (Å²) in [6, 6.07) is 23.4. The van der Waals surface area contributed by atoms with Crippen LogP contribution in [0.4, 0.5) is 5.69 Å². The molecule has 0 aromatic heterocycles. The van der Waals surface area contributed by atoms with Crippen LogP contribution in [0.5, 0.6) is 0 Å². The van der Waals surface area contributed by atoms with Crippen LogP contribution in [0, 0.1) is 0 Å². The number of carbonyl (C=O) groups excluding carboxylic acids is 1. The van der Waals surface area contributed by atoms with Gasteiger partial charge >= 0.3 is 0 Å². The van der Waals surface area contributed by atoms with Gasteiger partial charge in [0.2, 0.25) is 0 Å². The third-order valence-corrected chi connectivity index (χ3v) is 7.55. The van der Waals surface area contributed by atoms with Gasteiger partial charge in [0, 0.05) is 31.7 Å². The average Bonchev–Trinajstić information content (AvgIpc) is 2.83. The number of sulfonamides is 1. The van der Waals surface area contributed by atoms with Crippen LogP contribution in [0.25, 0.3) is 0 Å². The van der Waals surface area contributed by atoms with Crippen molar-refractivity contribution in [1.29, 1.82) is 0 Å². The molecule has 0 unspecified atom stereocenters. The Bertz CT molecular complexity index is 1180. The van der Waals surface area contributed by atoms with Crippen LogP contribution >= 0.6 is 0 Å². The molecule has 0 aliphatic heterocycles. The zero-order valence-electron chi connectivity index (χ0n) is 19.5. The van der Waals surface area contributed by atoms with Crippen LogP contribution in [0.2, 0.25) is 0 Å². The number of nitrogens with one attached hydrogen (secondary N) is 1. The topological polar surface area (TPSA) is 69.7 Å². The van der Waals surface area contributed by atoms with Gasteiger partial charge in [-0.2, -0.15) is 0 Å². The first-order valence-corrected chi connectivity index (χ1v) is 12.3. The number of nitrogens with zero attached hydrogens (tertiary/aromatic N) is 2. The highest BCUT2D eigenvalue weighted by atomic mass is 32.2. The Hall–Kier alpha value is -3.16. The Labute approximate surface area is 196 Å². The fourth-order valence-corrected chi connectivity index (χ4v) is 4.52. The van der Waals surface area contributed by atoms with Gasteiger partial charge in [-0.05, 0) is 68.4 Å². The van der Waals surface area contributed by atoms with Gasteiger partial charge in [-0.15, -0.1) is 0 Å². The van der Waals surface area contributed by atoms with E-state index >= 15 is 0 Å². The molecule has 3 aromatic rings. The lowest BCUT2D eigenvalue weighted by Gasteiger charge is -2.22. The van der Waals surface area contributed by atoms with E-state index in [0.717, 1.165) is 12.1 Å². The number of para-hydroxylation sites is 1. The van der Waals surface area contributed by atoms with Gasteiger partial charge < -0.3 is 5.32 Å². The fraction of sp³-hybridized carbons (Fsp3) is 0.269. The highest BCUT2D eigenvalue weighted by molar-refractivity contribution is 7.92. The number of anilines is 1. The second-order valence-corrected chi connectivity index (χ2v) is 10.3. The van der Waals surface area contributed by atoms with E-state index < -0.39 is 10.0 Å². The van der Waals surface area contributed by atoms with Crippen LogP contribution in [-0.2, 0) is 23.1 Å². The van der Waals surface area contributed by atoms with Crippen LogP contribution in [0.1, 0.15) is 35.3 Å². The second kappa shape index (κ2) is 10.6. The number of benzene rings is 3. The Morgan fingerprint density at radius 1 is 0.848 bits per heavy atom. The zero-order chi connectivity index (χ0) is 24.0. The third kappa shape index (κ3) is 6.00. The number of amides is 1. The SMILES string of the molecule is CC(C)N(C)Cc1ccccc1CNC(=O)c1ccc(S(=O)(=O)N(C)c2ccccc2)cc1. The third-order valence-electron chi connectivity index (χ3n) is 5.75. The molecule has 0 radical (unpaired) electrons. The minimum absolute atomic E-state index is 0.132. The summed E-state index contributed by atoms with van der Waals surface area (Å²) in [6.07, 6.45) is 0. The molecule has 0 atom stereocenters. The predicted octanol–water partition coefficient (Wildman–Crippen LogP) is 4.28. The molecule has 0 aliphatic carbocycles. The van der Waals surface area contributed by atoms with E-state index in [0.29, 0.717) is 23.8 Å². The van der Waals surface area contributed by atoms with E-state index in [4.69, 9.17) is 0 Å². The number of hydrogen-bond donors (Lipinski definition) is 1. The molecular weight excluding hydrogens is 434 g/mol. The minimum atomic E-state index is -3.72. The van der Waals surface area contributed by atoms with E-state index in [1.165, 1.54) is 29.0 Å². The van der Waals surface area contributed by atoms with Gasteiger partial charge in [-0.3, -0.25) is 14.0 Å². The van der Waals surface area contributed by atoms with Crippen molar-refractivity contribution >= 4 is 21.6 Å². The molecule has 0 fully saturated rings. The molecule has 174 valence electrons. The van der Waals surface area contributed by atoms with Crippen molar-refractivity contribution in [1.82, 2.24) is 10.2 Å². The second-order valence-electron chi connectivity index (χ2n) is 8.29. The lowest BCUT2D eigenvalue weighted by Crippen LogP contribution is -2.28. The first kappa shape index (κ1) is 24.5. The molecular formula is C26H31N3O3S. The molecule has 3 aromatic carbocycles. The normalized spacial score (nSPS) is 11.6. The Balaban J connectivity index is 1.68. The van der Waals surface area contributed by atoms with Gasteiger partial charge in [-0.1, -0.05) is 42.5 Å². The molecule has 33 heavy (non-hydrogen) atoms. The Kier molecular flexibility index (Phi) is 7.89. The summed E-state index contributed by atoms with van der Waals surface area (Å²) in [4.78, 5) is 15.1. The van der Waals surface area contributed by atoms with Crippen LogP contribution in [0.15, 0.2) is 83.8 Å². The van der Waals surface area contributed by atoms with E-state index in [1.807, 2.05) is 24.3 Å². The molecule has 6 nitrogen and oxygen atoms in total. The standard InChI is InChI=1S/C26H31N3O3S/c1-20(2)28(3)19-23-11-9-8-10-22(23)18-27-26(30)21-14-16-25(17-15-21)33(31,32)29(4)24-12-6-5-7-13-24/h5-17,20H,18-19H2,1-4H3,(H,27,30). The largest absolute Gasteiger partial charge is 0.348 e. The van der Waals surface area contributed by atoms with E-state index in [-0.39, 0.29) is 10.8 Å². The molecule has 1 N–H and O–H groups in total. The predicted molar refractivity (Wildman–Crippen MR) is 133 cm³/mol. The molecule has 0 heterocycles. The van der Waals surface area contributed by atoms with Gasteiger partial charge in [0.25, 0.3) is 15.9 Å².